The number of benzene rings is 4. The Bertz CT molecular complexity index is 1190. The standard InChI is InChI=1S/C27H21NO3/c29-25(21-11-5-2-6-12-21)26(30)23-13-7-8-14-24(23)27(31)28-22-17-15-20(16-18-22)19-9-3-1-4-10-19/h1-18,26,30H,(H,28,31). The molecule has 1 amide bonds. The van der Waals surface area contributed by atoms with Crippen LogP contribution in [-0.4, -0.2) is 16.8 Å². The van der Waals surface area contributed by atoms with E-state index in [1.54, 1.807) is 54.6 Å². The Hall–Kier alpha value is -4.02. The highest BCUT2D eigenvalue weighted by Crippen LogP contribution is 2.25. The molecule has 0 heterocycles. The van der Waals surface area contributed by atoms with Gasteiger partial charge in [0.15, 0.2) is 5.78 Å². The normalized spacial score (nSPS) is 11.5. The molecule has 2 N–H and O–H groups in total. The fourth-order valence-corrected chi connectivity index (χ4v) is 3.42. The molecule has 0 radical (unpaired) electrons. The summed E-state index contributed by atoms with van der Waals surface area (Å²) in [5, 5.41) is 13.5. The quantitative estimate of drug-likeness (QED) is 0.414. The summed E-state index contributed by atoms with van der Waals surface area (Å²) in [6, 6.07) is 32.6. The highest BCUT2D eigenvalue weighted by atomic mass is 16.3. The van der Waals surface area contributed by atoms with E-state index in [9.17, 15) is 14.7 Å². The van der Waals surface area contributed by atoms with Crippen LogP contribution < -0.4 is 5.32 Å². The zero-order valence-corrected chi connectivity index (χ0v) is 16.7. The van der Waals surface area contributed by atoms with Crippen LogP contribution in [0.4, 0.5) is 5.69 Å². The molecule has 0 aromatic heterocycles. The van der Waals surface area contributed by atoms with Gasteiger partial charge in [0.1, 0.15) is 6.10 Å². The monoisotopic (exact) mass is 407 g/mol. The number of Topliss-reactive ketones (excluding diaryl/α,β-unsaturated/α-hetero) is 1. The van der Waals surface area contributed by atoms with E-state index in [4.69, 9.17) is 0 Å². The van der Waals surface area contributed by atoms with E-state index in [-0.39, 0.29) is 17.0 Å². The number of nitrogens with one attached hydrogen (secondary N) is 1. The van der Waals surface area contributed by atoms with Gasteiger partial charge in [0, 0.05) is 22.4 Å². The van der Waals surface area contributed by atoms with Gasteiger partial charge in [-0.25, -0.2) is 0 Å². The predicted octanol–water partition coefficient (Wildman–Crippen LogP) is 5.52. The molecule has 0 saturated heterocycles. The van der Waals surface area contributed by atoms with E-state index >= 15 is 0 Å². The lowest BCUT2D eigenvalue weighted by Gasteiger charge is -2.15. The van der Waals surface area contributed by atoms with E-state index in [1.165, 1.54) is 0 Å². The predicted molar refractivity (Wildman–Crippen MR) is 122 cm³/mol. The summed E-state index contributed by atoms with van der Waals surface area (Å²) in [6.07, 6.45) is -1.43. The highest BCUT2D eigenvalue weighted by Gasteiger charge is 2.24. The first-order valence-corrected chi connectivity index (χ1v) is 9.96. The number of carbonyl (C=O) groups excluding carboxylic acids is 2. The van der Waals surface area contributed by atoms with Gasteiger partial charge in [-0.3, -0.25) is 9.59 Å². The van der Waals surface area contributed by atoms with E-state index in [0.29, 0.717) is 11.3 Å². The number of ketones is 1. The molecular formula is C27H21NO3. The minimum absolute atomic E-state index is 0.256. The maximum absolute atomic E-state index is 12.9. The number of rotatable bonds is 6. The van der Waals surface area contributed by atoms with Crippen LogP contribution in [-0.2, 0) is 0 Å². The van der Waals surface area contributed by atoms with Crippen LogP contribution in [0.3, 0.4) is 0 Å². The van der Waals surface area contributed by atoms with Crippen molar-refractivity contribution in [3.63, 3.8) is 0 Å². The molecule has 0 fully saturated rings. The fraction of sp³-hybridized carbons (Fsp3) is 0.0370. The van der Waals surface area contributed by atoms with Gasteiger partial charge in [-0.2, -0.15) is 0 Å². The third-order valence-corrected chi connectivity index (χ3v) is 5.06. The topological polar surface area (TPSA) is 66.4 Å². The molecular weight excluding hydrogens is 386 g/mol. The van der Waals surface area contributed by atoms with Gasteiger partial charge < -0.3 is 10.4 Å². The van der Waals surface area contributed by atoms with Gasteiger partial charge in [-0.15, -0.1) is 0 Å². The van der Waals surface area contributed by atoms with Crippen LogP contribution >= 0.6 is 0 Å². The van der Waals surface area contributed by atoms with Crippen LogP contribution in [0.25, 0.3) is 11.1 Å². The second-order valence-electron chi connectivity index (χ2n) is 7.12. The van der Waals surface area contributed by atoms with Gasteiger partial charge in [-0.05, 0) is 29.3 Å². The number of aliphatic hydroxyl groups is 1. The summed E-state index contributed by atoms with van der Waals surface area (Å²) in [5.41, 5.74) is 3.68. The second kappa shape index (κ2) is 9.20. The van der Waals surface area contributed by atoms with Crippen molar-refractivity contribution in [2.45, 2.75) is 6.10 Å². The van der Waals surface area contributed by atoms with Crippen molar-refractivity contribution < 1.29 is 14.7 Å². The molecule has 1 unspecified atom stereocenters. The van der Waals surface area contributed by atoms with Gasteiger partial charge in [0.25, 0.3) is 5.91 Å². The number of aliphatic hydroxyl groups excluding tert-OH is 1. The van der Waals surface area contributed by atoms with Crippen molar-refractivity contribution in [1.82, 2.24) is 0 Å². The molecule has 4 rings (SSSR count). The first kappa shape index (κ1) is 20.3. The average Bonchev–Trinajstić information content (AvgIpc) is 2.84. The van der Waals surface area contributed by atoms with Crippen LogP contribution in [0.2, 0.25) is 0 Å². The molecule has 152 valence electrons. The van der Waals surface area contributed by atoms with Crippen molar-refractivity contribution in [1.29, 1.82) is 0 Å². The number of hydrogen-bond donors (Lipinski definition) is 2. The van der Waals surface area contributed by atoms with E-state index in [1.807, 2.05) is 54.6 Å². The van der Waals surface area contributed by atoms with Crippen molar-refractivity contribution >= 4 is 17.4 Å². The van der Waals surface area contributed by atoms with Crippen molar-refractivity contribution in [2.24, 2.45) is 0 Å². The Labute approximate surface area is 180 Å². The Morgan fingerprint density at radius 3 is 1.87 bits per heavy atom. The van der Waals surface area contributed by atoms with E-state index in [2.05, 4.69) is 5.32 Å². The van der Waals surface area contributed by atoms with Gasteiger partial charge in [0.2, 0.25) is 0 Å². The van der Waals surface area contributed by atoms with Gasteiger partial charge >= 0.3 is 0 Å². The molecule has 0 bridgehead atoms. The third kappa shape index (κ3) is 4.60. The maximum Gasteiger partial charge on any atom is 0.256 e. The van der Waals surface area contributed by atoms with Crippen LogP contribution in [0, 0.1) is 0 Å². The lowest BCUT2D eigenvalue weighted by molar-refractivity contribution is 0.0745. The molecule has 4 aromatic rings. The lowest BCUT2D eigenvalue weighted by atomic mass is 9.95. The van der Waals surface area contributed by atoms with Crippen molar-refractivity contribution in [2.75, 3.05) is 5.32 Å². The Balaban J connectivity index is 1.54. The van der Waals surface area contributed by atoms with E-state index < -0.39 is 11.9 Å². The van der Waals surface area contributed by atoms with Crippen LogP contribution in [0.1, 0.15) is 32.4 Å². The maximum atomic E-state index is 12.9. The molecule has 1 atom stereocenters. The SMILES string of the molecule is O=C(Nc1ccc(-c2ccccc2)cc1)c1ccccc1C(O)C(=O)c1ccccc1. The second-order valence-corrected chi connectivity index (χ2v) is 7.12. The number of anilines is 1. The Kier molecular flexibility index (Phi) is 6.01. The zero-order valence-electron chi connectivity index (χ0n) is 16.7. The average molecular weight is 407 g/mol. The number of hydrogen-bond acceptors (Lipinski definition) is 3. The summed E-state index contributed by atoms with van der Waals surface area (Å²) in [5.74, 6) is -0.837. The molecule has 0 saturated carbocycles. The molecule has 4 heteroatoms. The number of amides is 1. The third-order valence-electron chi connectivity index (χ3n) is 5.06. The highest BCUT2D eigenvalue weighted by molar-refractivity contribution is 6.08. The first-order chi connectivity index (χ1) is 15.1. The molecule has 4 aromatic carbocycles. The molecule has 0 aliphatic rings. The zero-order chi connectivity index (χ0) is 21.6. The minimum atomic E-state index is -1.43. The first-order valence-electron chi connectivity index (χ1n) is 9.96. The van der Waals surface area contributed by atoms with Crippen LogP contribution in [0.15, 0.2) is 109 Å². The summed E-state index contributed by atoms with van der Waals surface area (Å²) >= 11 is 0. The molecule has 4 nitrogen and oxygen atoms in total. The van der Waals surface area contributed by atoms with E-state index in [0.717, 1.165) is 11.1 Å². The molecule has 31 heavy (non-hydrogen) atoms. The minimum Gasteiger partial charge on any atom is -0.380 e. The molecule has 0 aliphatic heterocycles. The smallest absolute Gasteiger partial charge is 0.256 e. The Morgan fingerprint density at radius 2 is 1.19 bits per heavy atom. The molecule has 0 spiro atoms. The largest absolute Gasteiger partial charge is 0.380 e. The van der Waals surface area contributed by atoms with Gasteiger partial charge in [0.05, 0.1) is 0 Å². The fourth-order valence-electron chi connectivity index (χ4n) is 3.42. The van der Waals surface area contributed by atoms with Gasteiger partial charge in [-0.1, -0.05) is 91.0 Å². The lowest BCUT2D eigenvalue weighted by Crippen LogP contribution is -2.19. The van der Waals surface area contributed by atoms with Crippen molar-refractivity contribution in [3.8, 4) is 11.1 Å². The summed E-state index contributed by atoms with van der Waals surface area (Å²) in [4.78, 5) is 25.6. The summed E-state index contributed by atoms with van der Waals surface area (Å²) in [6.45, 7) is 0. The number of carbonyl (C=O) groups is 2. The Morgan fingerprint density at radius 1 is 0.645 bits per heavy atom. The van der Waals surface area contributed by atoms with Crippen LogP contribution in [0.5, 0.6) is 0 Å². The summed E-state index contributed by atoms with van der Waals surface area (Å²) < 4.78 is 0. The molecule has 0 aliphatic carbocycles. The van der Waals surface area contributed by atoms with Crippen molar-refractivity contribution in [3.05, 3.63) is 126 Å². The summed E-state index contributed by atoms with van der Waals surface area (Å²) in [7, 11) is 0.